The van der Waals surface area contributed by atoms with Gasteiger partial charge in [-0.1, -0.05) is 62.7 Å². The molecule has 32 heavy (non-hydrogen) atoms. The number of ether oxygens (including phenoxy) is 1. The molecule has 2 rings (SSSR count). The highest BCUT2D eigenvalue weighted by atomic mass is 16.5. The van der Waals surface area contributed by atoms with Crippen LogP contribution in [-0.2, 0) is 9.59 Å². The van der Waals surface area contributed by atoms with Gasteiger partial charge in [-0.2, -0.15) is 0 Å². The molecule has 0 saturated carbocycles. The molecule has 0 aliphatic rings. The number of carbonyl (C=O) groups excluding carboxylic acids is 2. The molecule has 4 atom stereocenters. The molecule has 0 spiro atoms. The Kier molecular flexibility index (Phi) is 10.2. The fraction of sp³-hybridized carbons (Fsp3) is 0.462. The van der Waals surface area contributed by atoms with Gasteiger partial charge in [-0.3, -0.25) is 9.59 Å². The Balaban J connectivity index is 2.10. The number of benzene rings is 2. The van der Waals surface area contributed by atoms with E-state index < -0.39 is 6.04 Å². The number of hydrogen-bond donors (Lipinski definition) is 3. The highest BCUT2D eigenvalue weighted by Crippen LogP contribution is 2.21. The van der Waals surface area contributed by atoms with E-state index in [4.69, 9.17) is 10.5 Å². The van der Waals surface area contributed by atoms with Crippen molar-refractivity contribution in [3.63, 3.8) is 0 Å². The topological polar surface area (TPSA) is 93.4 Å². The molecule has 0 aromatic heterocycles. The fourth-order valence-electron chi connectivity index (χ4n) is 3.42. The Morgan fingerprint density at radius 3 is 2.19 bits per heavy atom. The predicted octanol–water partition coefficient (Wildman–Crippen LogP) is 3.93. The van der Waals surface area contributed by atoms with Gasteiger partial charge in [0.1, 0.15) is 5.75 Å². The van der Waals surface area contributed by atoms with Crippen LogP contribution in [-0.4, -0.2) is 31.0 Å². The van der Waals surface area contributed by atoms with E-state index in [1.165, 1.54) is 0 Å². The maximum absolute atomic E-state index is 12.9. The highest BCUT2D eigenvalue weighted by molar-refractivity contribution is 5.84. The third kappa shape index (κ3) is 8.00. The molecule has 174 valence electrons. The number of nitrogens with two attached hydrogens (primary N) is 1. The number of nitrogens with one attached hydrogen (secondary N) is 2. The summed E-state index contributed by atoms with van der Waals surface area (Å²) in [7, 11) is 0. The maximum Gasteiger partial charge on any atom is 0.236 e. The third-order valence-electron chi connectivity index (χ3n) is 5.50. The lowest BCUT2D eigenvalue weighted by molar-refractivity contribution is -0.124. The largest absolute Gasteiger partial charge is 0.493 e. The first-order valence-corrected chi connectivity index (χ1v) is 11.4. The summed E-state index contributed by atoms with van der Waals surface area (Å²) in [6, 6.07) is 16.3. The number of hydrogen-bond acceptors (Lipinski definition) is 4. The van der Waals surface area contributed by atoms with Gasteiger partial charge in [-0.15, -0.1) is 0 Å². The molecule has 2 aromatic rings. The van der Waals surface area contributed by atoms with Gasteiger partial charge in [-0.05, 0) is 49.4 Å². The van der Waals surface area contributed by atoms with Crippen LogP contribution in [0.4, 0.5) is 0 Å². The average molecular weight is 440 g/mol. The van der Waals surface area contributed by atoms with Crippen LogP contribution in [0.5, 0.6) is 5.75 Å². The third-order valence-corrected chi connectivity index (χ3v) is 5.50. The van der Waals surface area contributed by atoms with E-state index in [9.17, 15) is 9.59 Å². The van der Waals surface area contributed by atoms with Crippen molar-refractivity contribution in [3.8, 4) is 5.75 Å². The molecule has 0 saturated heterocycles. The van der Waals surface area contributed by atoms with Crippen molar-refractivity contribution in [3.05, 3.63) is 65.7 Å². The minimum Gasteiger partial charge on any atom is -0.493 e. The number of amides is 2. The summed E-state index contributed by atoms with van der Waals surface area (Å²) in [5, 5.41) is 5.90. The van der Waals surface area contributed by atoms with E-state index in [2.05, 4.69) is 24.5 Å². The monoisotopic (exact) mass is 439 g/mol. The molecule has 0 heterocycles. The van der Waals surface area contributed by atoms with Crippen molar-refractivity contribution in [2.24, 2.45) is 11.7 Å². The quantitative estimate of drug-likeness (QED) is 0.467. The number of rotatable bonds is 12. The second-order valence-corrected chi connectivity index (χ2v) is 8.50. The molecule has 0 fully saturated rings. The van der Waals surface area contributed by atoms with Crippen LogP contribution in [0.2, 0.25) is 0 Å². The van der Waals surface area contributed by atoms with Crippen LogP contribution in [0.1, 0.15) is 63.6 Å². The van der Waals surface area contributed by atoms with Gasteiger partial charge in [-0.25, -0.2) is 0 Å². The molecule has 2 amide bonds. The minimum absolute atomic E-state index is 0.107. The smallest absolute Gasteiger partial charge is 0.236 e. The fourth-order valence-corrected chi connectivity index (χ4v) is 3.42. The summed E-state index contributed by atoms with van der Waals surface area (Å²) < 4.78 is 5.89. The minimum atomic E-state index is -0.615. The SMILES string of the molecule is CCCC(C)COc1ccc([C@H](CNC(=O)[C@H](C)N)NC(=O)C(C)c2ccccc2)cc1. The van der Waals surface area contributed by atoms with E-state index in [0.29, 0.717) is 12.5 Å². The van der Waals surface area contributed by atoms with E-state index in [1.54, 1.807) is 6.92 Å². The lowest BCUT2D eigenvalue weighted by atomic mass is 9.99. The Hall–Kier alpha value is -2.86. The van der Waals surface area contributed by atoms with Gasteiger partial charge in [0, 0.05) is 6.54 Å². The van der Waals surface area contributed by atoms with Crippen molar-refractivity contribution in [2.45, 2.75) is 58.5 Å². The predicted molar refractivity (Wildman–Crippen MR) is 128 cm³/mol. The van der Waals surface area contributed by atoms with Crippen molar-refractivity contribution in [1.82, 2.24) is 10.6 Å². The molecule has 0 aliphatic heterocycles. The van der Waals surface area contributed by atoms with Crippen LogP contribution < -0.4 is 21.1 Å². The lowest BCUT2D eigenvalue weighted by Gasteiger charge is -2.23. The Labute approximate surface area is 191 Å². The molecular formula is C26H37N3O3. The molecule has 6 heteroatoms. The molecular weight excluding hydrogens is 402 g/mol. The zero-order valence-electron chi connectivity index (χ0n) is 19.6. The zero-order chi connectivity index (χ0) is 23.5. The van der Waals surface area contributed by atoms with E-state index >= 15 is 0 Å². The second kappa shape index (κ2) is 12.9. The van der Waals surface area contributed by atoms with Crippen LogP contribution in [0.25, 0.3) is 0 Å². The van der Waals surface area contributed by atoms with Gasteiger partial charge in [0.25, 0.3) is 0 Å². The highest BCUT2D eigenvalue weighted by Gasteiger charge is 2.21. The van der Waals surface area contributed by atoms with Crippen LogP contribution in [0, 0.1) is 5.92 Å². The molecule has 2 aromatic carbocycles. The molecule has 4 N–H and O–H groups in total. The second-order valence-electron chi connectivity index (χ2n) is 8.50. The van der Waals surface area contributed by atoms with E-state index in [0.717, 1.165) is 29.7 Å². The van der Waals surface area contributed by atoms with E-state index in [-0.39, 0.29) is 30.3 Å². The van der Waals surface area contributed by atoms with E-state index in [1.807, 2.05) is 61.5 Å². The molecule has 2 unspecified atom stereocenters. The van der Waals surface area contributed by atoms with Gasteiger partial charge in [0.05, 0.1) is 24.6 Å². The van der Waals surface area contributed by atoms with Crippen molar-refractivity contribution in [2.75, 3.05) is 13.2 Å². The van der Waals surface area contributed by atoms with Gasteiger partial charge in [0.2, 0.25) is 11.8 Å². The molecule has 6 nitrogen and oxygen atoms in total. The Morgan fingerprint density at radius 1 is 0.938 bits per heavy atom. The van der Waals surface area contributed by atoms with Crippen LogP contribution in [0.15, 0.2) is 54.6 Å². The standard InChI is InChI=1S/C26H37N3O3/c1-5-9-18(2)17-32-23-14-12-22(13-15-23)24(16-28-26(31)20(4)27)29-25(30)19(3)21-10-7-6-8-11-21/h6-8,10-15,18-20,24H,5,9,16-17,27H2,1-4H3,(H,28,31)(H,29,30)/t18?,19?,20-,24-/m0/s1. The van der Waals surface area contributed by atoms with Crippen molar-refractivity contribution in [1.29, 1.82) is 0 Å². The number of carbonyl (C=O) groups is 2. The van der Waals surface area contributed by atoms with Gasteiger partial charge < -0.3 is 21.1 Å². The molecule has 0 aliphatic carbocycles. The zero-order valence-corrected chi connectivity index (χ0v) is 19.6. The summed E-state index contributed by atoms with van der Waals surface area (Å²) in [5.74, 6) is 0.611. The summed E-state index contributed by atoms with van der Waals surface area (Å²) in [4.78, 5) is 24.9. The molecule has 0 radical (unpaired) electrons. The Morgan fingerprint density at radius 2 is 1.59 bits per heavy atom. The summed E-state index contributed by atoms with van der Waals surface area (Å²) >= 11 is 0. The normalized spacial score (nSPS) is 14.7. The van der Waals surface area contributed by atoms with Gasteiger partial charge >= 0.3 is 0 Å². The van der Waals surface area contributed by atoms with Crippen LogP contribution >= 0.6 is 0 Å². The molecule has 0 bridgehead atoms. The summed E-state index contributed by atoms with van der Waals surface area (Å²) in [5.41, 5.74) is 7.49. The van der Waals surface area contributed by atoms with Crippen LogP contribution in [0.3, 0.4) is 0 Å². The summed E-state index contributed by atoms with van der Waals surface area (Å²) in [6.07, 6.45) is 2.27. The first-order valence-electron chi connectivity index (χ1n) is 11.4. The van der Waals surface area contributed by atoms with Crippen molar-refractivity contribution < 1.29 is 14.3 Å². The Bertz CT molecular complexity index is 837. The van der Waals surface area contributed by atoms with Gasteiger partial charge in [0.15, 0.2) is 0 Å². The maximum atomic E-state index is 12.9. The first-order chi connectivity index (χ1) is 15.3. The summed E-state index contributed by atoms with van der Waals surface area (Å²) in [6.45, 7) is 8.78. The lowest BCUT2D eigenvalue weighted by Crippen LogP contribution is -2.44. The first kappa shape index (κ1) is 25.4. The van der Waals surface area contributed by atoms with Crippen molar-refractivity contribution >= 4 is 11.8 Å². The average Bonchev–Trinajstić information content (AvgIpc) is 2.80.